The van der Waals surface area contributed by atoms with Gasteiger partial charge in [0, 0.05) is 6.54 Å². The van der Waals surface area contributed by atoms with E-state index < -0.39 is 23.6 Å². The third kappa shape index (κ3) is 10.1. The molecule has 0 bridgehead atoms. The van der Waals surface area contributed by atoms with Gasteiger partial charge in [-0.15, -0.1) is 6.58 Å². The number of nitrogens with one attached hydrogen (secondary N) is 2. The lowest BCUT2D eigenvalue weighted by molar-refractivity contribution is -0.142. The number of carbonyl (C=O) groups is 2. The van der Waals surface area contributed by atoms with E-state index in [9.17, 15) is 9.59 Å². The van der Waals surface area contributed by atoms with Gasteiger partial charge in [0.1, 0.15) is 0 Å². The number of carboxylic acid groups (broad SMARTS) is 1. The number of ether oxygens (including phenoxy) is 1. The van der Waals surface area contributed by atoms with E-state index in [0.29, 0.717) is 6.54 Å². The molecule has 0 rings (SSSR count). The molecule has 1 atom stereocenters. The van der Waals surface area contributed by atoms with Crippen LogP contribution in [0, 0.1) is 0 Å². The van der Waals surface area contributed by atoms with Gasteiger partial charge >= 0.3 is 12.0 Å². The molecular weight excluding hydrogens is 248 g/mol. The lowest BCUT2D eigenvalue weighted by Crippen LogP contribution is -2.49. The predicted octanol–water partition coefficient (Wildman–Crippen LogP) is 1.52. The highest BCUT2D eigenvalue weighted by molar-refractivity contribution is 5.82. The lowest BCUT2D eigenvalue weighted by atomic mass is 10.2. The SMILES string of the molecule is C=CCCCNC(=O)N[C@@H](COC(C)(C)C)C(=O)O. The minimum absolute atomic E-state index is 0.0705. The summed E-state index contributed by atoms with van der Waals surface area (Å²) < 4.78 is 5.36. The number of aliphatic carboxylic acids is 1. The number of carboxylic acids is 1. The first kappa shape index (κ1) is 17.4. The van der Waals surface area contributed by atoms with Gasteiger partial charge in [-0.05, 0) is 33.6 Å². The molecular formula is C13H24N2O4. The number of urea groups is 1. The van der Waals surface area contributed by atoms with Gasteiger partial charge in [0.25, 0.3) is 0 Å². The van der Waals surface area contributed by atoms with Gasteiger partial charge in [0.15, 0.2) is 6.04 Å². The minimum atomic E-state index is -1.12. The second-order valence-corrected chi connectivity index (χ2v) is 5.15. The Morgan fingerprint density at radius 2 is 2.05 bits per heavy atom. The zero-order chi connectivity index (χ0) is 14.9. The monoisotopic (exact) mass is 272 g/mol. The van der Waals surface area contributed by atoms with E-state index in [1.165, 1.54) is 0 Å². The van der Waals surface area contributed by atoms with Crippen LogP contribution in [0.5, 0.6) is 0 Å². The number of carbonyl (C=O) groups excluding carboxylic acids is 1. The van der Waals surface area contributed by atoms with Crippen LogP contribution in [0.15, 0.2) is 12.7 Å². The van der Waals surface area contributed by atoms with Crippen molar-refractivity contribution in [2.24, 2.45) is 0 Å². The summed E-state index contributed by atoms with van der Waals surface area (Å²) in [5.74, 6) is -1.12. The van der Waals surface area contributed by atoms with Crippen molar-refractivity contribution in [2.45, 2.75) is 45.3 Å². The summed E-state index contributed by atoms with van der Waals surface area (Å²) in [5.41, 5.74) is -0.449. The maximum absolute atomic E-state index is 11.5. The van der Waals surface area contributed by atoms with Crippen molar-refractivity contribution >= 4 is 12.0 Å². The van der Waals surface area contributed by atoms with Crippen LogP contribution < -0.4 is 10.6 Å². The maximum atomic E-state index is 11.5. The fourth-order valence-electron chi connectivity index (χ4n) is 1.17. The molecule has 0 spiro atoms. The molecule has 0 aromatic rings. The van der Waals surface area contributed by atoms with Crippen molar-refractivity contribution in [3.05, 3.63) is 12.7 Å². The van der Waals surface area contributed by atoms with E-state index in [0.717, 1.165) is 12.8 Å². The molecule has 0 unspecified atom stereocenters. The zero-order valence-electron chi connectivity index (χ0n) is 11.9. The molecule has 6 heteroatoms. The third-order valence-electron chi connectivity index (χ3n) is 2.16. The van der Waals surface area contributed by atoms with Crippen LogP contribution >= 0.6 is 0 Å². The number of amides is 2. The summed E-state index contributed by atoms with van der Waals surface area (Å²) in [6.07, 6.45) is 3.33. The molecule has 110 valence electrons. The first-order valence-electron chi connectivity index (χ1n) is 6.28. The summed E-state index contributed by atoms with van der Waals surface area (Å²) in [7, 11) is 0. The quantitative estimate of drug-likeness (QED) is 0.462. The maximum Gasteiger partial charge on any atom is 0.328 e. The van der Waals surface area contributed by atoms with Gasteiger partial charge in [0.05, 0.1) is 12.2 Å². The van der Waals surface area contributed by atoms with Crippen molar-refractivity contribution in [1.82, 2.24) is 10.6 Å². The number of hydrogen-bond donors (Lipinski definition) is 3. The molecule has 0 aliphatic rings. The lowest BCUT2D eigenvalue weighted by Gasteiger charge is -2.23. The Hall–Kier alpha value is -1.56. The topological polar surface area (TPSA) is 87.7 Å². The van der Waals surface area contributed by atoms with Gasteiger partial charge in [-0.3, -0.25) is 0 Å². The molecule has 19 heavy (non-hydrogen) atoms. The van der Waals surface area contributed by atoms with Crippen LogP contribution in [0.2, 0.25) is 0 Å². The van der Waals surface area contributed by atoms with E-state index >= 15 is 0 Å². The summed E-state index contributed by atoms with van der Waals surface area (Å²) in [6, 6.07) is -1.56. The third-order valence-corrected chi connectivity index (χ3v) is 2.16. The Morgan fingerprint density at radius 1 is 1.42 bits per heavy atom. The number of rotatable bonds is 8. The molecule has 0 heterocycles. The second kappa shape index (κ2) is 8.53. The molecule has 0 fully saturated rings. The highest BCUT2D eigenvalue weighted by atomic mass is 16.5. The minimum Gasteiger partial charge on any atom is -0.480 e. The standard InChI is InChI=1S/C13H24N2O4/c1-5-6-7-8-14-12(18)15-10(11(16)17)9-19-13(2,3)4/h5,10H,1,6-9H2,2-4H3,(H,16,17)(H2,14,15,18)/t10-/m0/s1. The first-order valence-corrected chi connectivity index (χ1v) is 6.28. The molecule has 0 aromatic carbocycles. The van der Waals surface area contributed by atoms with Crippen molar-refractivity contribution in [3.8, 4) is 0 Å². The summed E-state index contributed by atoms with van der Waals surface area (Å²) >= 11 is 0. The van der Waals surface area contributed by atoms with Crippen LogP contribution in [0.3, 0.4) is 0 Å². The number of hydrogen-bond acceptors (Lipinski definition) is 3. The Kier molecular flexibility index (Phi) is 7.83. The van der Waals surface area contributed by atoms with Gasteiger partial charge in [-0.1, -0.05) is 6.08 Å². The normalized spacial score (nSPS) is 12.6. The van der Waals surface area contributed by atoms with E-state index in [1.807, 2.05) is 20.8 Å². The van der Waals surface area contributed by atoms with Gasteiger partial charge < -0.3 is 20.5 Å². The van der Waals surface area contributed by atoms with E-state index in [1.54, 1.807) is 6.08 Å². The second-order valence-electron chi connectivity index (χ2n) is 5.15. The highest BCUT2D eigenvalue weighted by Crippen LogP contribution is 2.07. The van der Waals surface area contributed by atoms with Crippen LogP contribution in [0.1, 0.15) is 33.6 Å². The van der Waals surface area contributed by atoms with Gasteiger partial charge in [0.2, 0.25) is 0 Å². The van der Waals surface area contributed by atoms with Crippen LogP contribution in [0.25, 0.3) is 0 Å². The van der Waals surface area contributed by atoms with Crippen molar-refractivity contribution < 1.29 is 19.4 Å². The molecule has 0 aliphatic carbocycles. The number of allylic oxidation sites excluding steroid dienone is 1. The van der Waals surface area contributed by atoms with Crippen molar-refractivity contribution in [2.75, 3.05) is 13.2 Å². The average Bonchev–Trinajstić information content (AvgIpc) is 2.28. The molecule has 6 nitrogen and oxygen atoms in total. The average molecular weight is 272 g/mol. The molecule has 3 N–H and O–H groups in total. The van der Waals surface area contributed by atoms with E-state index in [2.05, 4.69) is 17.2 Å². The summed E-state index contributed by atoms with van der Waals surface area (Å²) in [5, 5.41) is 13.9. The predicted molar refractivity (Wildman–Crippen MR) is 73.1 cm³/mol. The van der Waals surface area contributed by atoms with Crippen LogP contribution in [-0.2, 0) is 9.53 Å². The number of unbranched alkanes of at least 4 members (excludes halogenated alkanes) is 1. The Labute approximate surface area is 114 Å². The van der Waals surface area contributed by atoms with Gasteiger partial charge in [-0.25, -0.2) is 9.59 Å². The van der Waals surface area contributed by atoms with E-state index in [-0.39, 0.29) is 6.61 Å². The van der Waals surface area contributed by atoms with Crippen molar-refractivity contribution in [3.63, 3.8) is 0 Å². The van der Waals surface area contributed by atoms with Crippen LogP contribution in [0.4, 0.5) is 4.79 Å². The fraction of sp³-hybridized carbons (Fsp3) is 0.692. The summed E-state index contributed by atoms with van der Waals surface area (Å²) in [6.45, 7) is 9.44. The Bertz CT molecular complexity index is 310. The molecule has 0 aliphatic heterocycles. The zero-order valence-corrected chi connectivity index (χ0v) is 11.9. The van der Waals surface area contributed by atoms with Gasteiger partial charge in [-0.2, -0.15) is 0 Å². The molecule has 0 radical (unpaired) electrons. The fourth-order valence-corrected chi connectivity index (χ4v) is 1.17. The molecule has 2 amide bonds. The highest BCUT2D eigenvalue weighted by Gasteiger charge is 2.22. The van der Waals surface area contributed by atoms with E-state index in [4.69, 9.17) is 9.84 Å². The molecule has 0 aromatic heterocycles. The Balaban J connectivity index is 4.09. The largest absolute Gasteiger partial charge is 0.480 e. The molecule has 0 saturated carbocycles. The molecule has 0 saturated heterocycles. The summed E-state index contributed by atoms with van der Waals surface area (Å²) in [4.78, 5) is 22.5. The Morgan fingerprint density at radius 3 is 2.53 bits per heavy atom. The first-order chi connectivity index (χ1) is 8.76. The smallest absolute Gasteiger partial charge is 0.328 e. The van der Waals surface area contributed by atoms with Crippen molar-refractivity contribution in [1.29, 1.82) is 0 Å². The van der Waals surface area contributed by atoms with Crippen LogP contribution in [-0.4, -0.2) is 41.9 Å².